The molecule has 2 fully saturated rings. The van der Waals surface area contributed by atoms with Crippen LogP contribution in [0.1, 0.15) is 25.7 Å². The first-order valence-corrected chi connectivity index (χ1v) is 6.94. The Bertz CT molecular complexity index is 416. The largest absolute Gasteiger partial charge is 0.481 e. The third-order valence-corrected chi connectivity index (χ3v) is 4.19. The zero-order valence-corrected chi connectivity index (χ0v) is 12.5. The number of rotatable bonds is 4. The highest BCUT2D eigenvalue weighted by Gasteiger charge is 2.43. The minimum absolute atomic E-state index is 0.276. The van der Waals surface area contributed by atoms with Crippen LogP contribution in [0, 0.1) is 23.7 Å². The standard InChI is InChI=1S/C8H12O4.C6H8O4/c1-11-7(9)5-3-4-6(5)8(10)12-2;7-5(8)3-1-2-4(3)6(9)10/h5-6H,3-4H2,1-2H3;3-4H,1-2H2,(H,7,8)(H,9,10)/t5-,6-;3-,4-/m11/s1. The summed E-state index contributed by atoms with van der Waals surface area (Å²) < 4.78 is 9.06. The first kappa shape index (κ1) is 17.9. The lowest BCUT2D eigenvalue weighted by atomic mass is 9.74. The van der Waals surface area contributed by atoms with Crippen LogP contribution in [0.5, 0.6) is 0 Å². The van der Waals surface area contributed by atoms with Gasteiger partial charge in [-0.25, -0.2) is 0 Å². The van der Waals surface area contributed by atoms with Crippen LogP contribution in [0.25, 0.3) is 0 Å². The molecule has 0 aromatic carbocycles. The molecule has 2 rings (SSSR count). The number of methoxy groups -OCH3 is 2. The molecule has 0 aromatic rings. The summed E-state index contributed by atoms with van der Waals surface area (Å²) in [5.74, 6) is -4.43. The van der Waals surface area contributed by atoms with E-state index in [-0.39, 0.29) is 23.8 Å². The van der Waals surface area contributed by atoms with Crippen molar-refractivity contribution in [3.63, 3.8) is 0 Å². The van der Waals surface area contributed by atoms with E-state index in [9.17, 15) is 19.2 Å². The van der Waals surface area contributed by atoms with Gasteiger partial charge in [0.2, 0.25) is 0 Å². The molecule has 0 unspecified atom stereocenters. The minimum atomic E-state index is -0.987. The Morgan fingerprint density at radius 3 is 1.09 bits per heavy atom. The fraction of sp³-hybridized carbons (Fsp3) is 0.714. The molecule has 124 valence electrons. The van der Waals surface area contributed by atoms with E-state index < -0.39 is 23.8 Å². The molecule has 2 aliphatic rings. The van der Waals surface area contributed by atoms with Crippen molar-refractivity contribution in [3.8, 4) is 0 Å². The van der Waals surface area contributed by atoms with E-state index >= 15 is 0 Å². The van der Waals surface area contributed by atoms with E-state index in [4.69, 9.17) is 10.2 Å². The second kappa shape index (κ2) is 7.77. The molecule has 0 radical (unpaired) electrons. The van der Waals surface area contributed by atoms with Crippen molar-refractivity contribution >= 4 is 23.9 Å². The van der Waals surface area contributed by atoms with Gasteiger partial charge >= 0.3 is 23.9 Å². The number of carbonyl (C=O) groups is 4. The fourth-order valence-electron chi connectivity index (χ4n) is 2.46. The quantitative estimate of drug-likeness (QED) is 0.719. The van der Waals surface area contributed by atoms with Crippen molar-refractivity contribution in [2.24, 2.45) is 23.7 Å². The second-order valence-corrected chi connectivity index (χ2v) is 5.30. The maximum Gasteiger partial charge on any atom is 0.309 e. The van der Waals surface area contributed by atoms with Crippen molar-refractivity contribution in [1.29, 1.82) is 0 Å². The van der Waals surface area contributed by atoms with Gasteiger partial charge in [0.15, 0.2) is 0 Å². The average molecular weight is 316 g/mol. The molecular weight excluding hydrogens is 296 g/mol. The van der Waals surface area contributed by atoms with Crippen molar-refractivity contribution in [1.82, 2.24) is 0 Å². The zero-order valence-electron chi connectivity index (χ0n) is 12.5. The molecule has 8 nitrogen and oxygen atoms in total. The molecule has 22 heavy (non-hydrogen) atoms. The molecule has 4 atom stereocenters. The smallest absolute Gasteiger partial charge is 0.309 e. The van der Waals surface area contributed by atoms with Gasteiger partial charge < -0.3 is 19.7 Å². The number of esters is 2. The van der Waals surface area contributed by atoms with E-state index in [2.05, 4.69) is 9.47 Å². The number of carbonyl (C=O) groups excluding carboxylic acids is 2. The van der Waals surface area contributed by atoms with Gasteiger partial charge in [-0.1, -0.05) is 0 Å². The summed E-state index contributed by atoms with van der Waals surface area (Å²) in [5.41, 5.74) is 0. The normalized spacial score (nSPS) is 28.8. The molecule has 0 amide bonds. The molecule has 8 heteroatoms. The predicted molar refractivity (Wildman–Crippen MR) is 71.7 cm³/mol. The SMILES string of the molecule is COC(=O)[C@@H]1CC[C@H]1C(=O)OC.O=C(O)[C@@H]1CC[C@H]1C(=O)O. The van der Waals surface area contributed by atoms with Crippen molar-refractivity contribution < 1.29 is 38.9 Å². The lowest BCUT2D eigenvalue weighted by Crippen LogP contribution is -2.39. The van der Waals surface area contributed by atoms with Crippen LogP contribution in [0.15, 0.2) is 0 Å². The number of ether oxygens (including phenoxy) is 2. The molecule has 2 saturated carbocycles. The van der Waals surface area contributed by atoms with Gasteiger partial charge in [-0.2, -0.15) is 0 Å². The second-order valence-electron chi connectivity index (χ2n) is 5.30. The monoisotopic (exact) mass is 316 g/mol. The van der Waals surface area contributed by atoms with Gasteiger partial charge in [0.05, 0.1) is 37.9 Å². The Kier molecular flexibility index (Phi) is 6.33. The molecule has 2 N–H and O–H groups in total. The fourth-order valence-corrected chi connectivity index (χ4v) is 2.46. The van der Waals surface area contributed by atoms with Crippen LogP contribution < -0.4 is 0 Å². The maximum absolute atomic E-state index is 11.0. The van der Waals surface area contributed by atoms with E-state index in [1.807, 2.05) is 0 Å². The van der Waals surface area contributed by atoms with E-state index in [1.54, 1.807) is 0 Å². The summed E-state index contributed by atoms with van der Waals surface area (Å²) in [4.78, 5) is 42.5. The summed E-state index contributed by atoms with van der Waals surface area (Å²) in [5, 5.41) is 16.8. The lowest BCUT2D eigenvalue weighted by Gasteiger charge is -2.31. The molecule has 0 aromatic heterocycles. The Morgan fingerprint density at radius 1 is 0.682 bits per heavy atom. The number of carboxylic acid groups (broad SMARTS) is 2. The summed E-state index contributed by atoms with van der Waals surface area (Å²) in [7, 11) is 2.66. The van der Waals surface area contributed by atoms with E-state index in [0.29, 0.717) is 12.8 Å². The van der Waals surface area contributed by atoms with Crippen molar-refractivity contribution in [2.45, 2.75) is 25.7 Å². The van der Waals surface area contributed by atoms with Gasteiger partial charge in [0.25, 0.3) is 0 Å². The van der Waals surface area contributed by atoms with Crippen LogP contribution in [0.4, 0.5) is 0 Å². The molecule has 0 saturated heterocycles. The summed E-state index contributed by atoms with van der Waals surface area (Å²) >= 11 is 0. The highest BCUT2D eigenvalue weighted by molar-refractivity contribution is 5.83. The van der Waals surface area contributed by atoms with Crippen molar-refractivity contribution in [2.75, 3.05) is 14.2 Å². The summed E-state index contributed by atoms with van der Waals surface area (Å²) in [6, 6.07) is 0. The topological polar surface area (TPSA) is 127 Å². The van der Waals surface area contributed by atoms with E-state index in [0.717, 1.165) is 12.8 Å². The molecule has 0 aliphatic heterocycles. The highest BCUT2D eigenvalue weighted by Crippen LogP contribution is 2.36. The molecule has 2 aliphatic carbocycles. The molecule has 0 heterocycles. The van der Waals surface area contributed by atoms with Crippen LogP contribution in [-0.2, 0) is 28.7 Å². The van der Waals surface area contributed by atoms with Crippen LogP contribution in [-0.4, -0.2) is 48.3 Å². The van der Waals surface area contributed by atoms with Gasteiger partial charge in [-0.3, -0.25) is 19.2 Å². The third-order valence-electron chi connectivity index (χ3n) is 4.19. The lowest BCUT2D eigenvalue weighted by molar-refractivity contribution is -0.164. The molecule has 0 bridgehead atoms. The zero-order chi connectivity index (χ0) is 16.9. The molecular formula is C14H20O8. The summed E-state index contributed by atoms with van der Waals surface area (Å²) in [6.07, 6.45) is 2.47. The van der Waals surface area contributed by atoms with Gasteiger partial charge in [0.1, 0.15) is 0 Å². The predicted octanol–water partition coefficient (Wildman–Crippen LogP) is 0.540. The highest BCUT2D eigenvalue weighted by atomic mass is 16.5. The maximum atomic E-state index is 11.0. The Labute approximate surface area is 127 Å². The number of carboxylic acids is 2. The van der Waals surface area contributed by atoms with Crippen molar-refractivity contribution in [3.05, 3.63) is 0 Å². The third kappa shape index (κ3) is 3.96. The van der Waals surface area contributed by atoms with Crippen LogP contribution in [0.2, 0.25) is 0 Å². The first-order valence-electron chi connectivity index (χ1n) is 6.94. The number of hydrogen-bond acceptors (Lipinski definition) is 6. The van der Waals surface area contributed by atoms with Gasteiger partial charge in [0, 0.05) is 0 Å². The Morgan fingerprint density at radius 2 is 0.955 bits per heavy atom. The molecule has 0 spiro atoms. The van der Waals surface area contributed by atoms with E-state index in [1.165, 1.54) is 14.2 Å². The minimum Gasteiger partial charge on any atom is -0.481 e. The number of hydrogen-bond donors (Lipinski definition) is 2. The van der Waals surface area contributed by atoms with Gasteiger partial charge in [-0.05, 0) is 25.7 Å². The average Bonchev–Trinajstić information content (AvgIpc) is 2.35. The van der Waals surface area contributed by atoms with Crippen LogP contribution >= 0.6 is 0 Å². The Hall–Kier alpha value is -2.12. The Balaban J connectivity index is 0.000000224. The van der Waals surface area contributed by atoms with Gasteiger partial charge in [-0.15, -0.1) is 0 Å². The summed E-state index contributed by atoms with van der Waals surface area (Å²) in [6.45, 7) is 0. The van der Waals surface area contributed by atoms with Crippen LogP contribution in [0.3, 0.4) is 0 Å². The number of aliphatic carboxylic acids is 2. The first-order chi connectivity index (χ1) is 10.3.